The minimum Gasteiger partial charge on any atom is -0.478 e. The molecule has 19 heavy (non-hydrogen) atoms. The van der Waals surface area contributed by atoms with E-state index >= 15 is 0 Å². The first kappa shape index (κ1) is 11.7. The number of carbonyl (C=O) groups excluding carboxylic acids is 1. The monoisotopic (exact) mass is 271 g/mol. The third kappa shape index (κ3) is 1.59. The van der Waals surface area contributed by atoms with Crippen molar-refractivity contribution >= 4 is 33.9 Å². The minimum atomic E-state index is -1.05. The Kier molecular flexibility index (Phi) is 2.50. The Morgan fingerprint density at radius 2 is 1.89 bits per heavy atom. The molecule has 0 fully saturated rings. The summed E-state index contributed by atoms with van der Waals surface area (Å²) in [4.78, 5) is 24.9. The number of aromatic carboxylic acids is 1. The second-order valence-corrected chi connectivity index (χ2v) is 4.97. The van der Waals surface area contributed by atoms with Crippen molar-refractivity contribution in [2.75, 3.05) is 4.90 Å². The number of carboxylic acid groups (broad SMARTS) is 1. The molecule has 1 N–H and O–H groups in total. The zero-order valence-electron chi connectivity index (χ0n) is 9.79. The van der Waals surface area contributed by atoms with E-state index in [9.17, 15) is 9.59 Å². The Bertz CT molecular complexity index is 682. The van der Waals surface area contributed by atoms with Gasteiger partial charge >= 0.3 is 5.97 Å². The van der Waals surface area contributed by atoms with Crippen molar-refractivity contribution in [2.45, 2.75) is 0 Å². The molecule has 0 unspecified atom stereocenters. The summed E-state index contributed by atoms with van der Waals surface area (Å²) in [5.41, 5.74) is 1.94. The fraction of sp³-hybridized carbons (Fsp3) is 0. The van der Waals surface area contributed by atoms with Crippen molar-refractivity contribution in [3.8, 4) is 0 Å². The number of nitrogens with zero attached hydrogens (tertiary/aromatic N) is 1. The summed E-state index contributed by atoms with van der Waals surface area (Å²) in [6, 6.07) is 8.62. The number of fused-ring (bicyclic) bond motifs is 1. The minimum absolute atomic E-state index is 0.118. The van der Waals surface area contributed by atoms with Gasteiger partial charge in [0.2, 0.25) is 0 Å². The van der Waals surface area contributed by atoms with Crippen LogP contribution in [0.5, 0.6) is 0 Å². The standard InChI is InChI=1S/C14H9NO3S/c1-8-9-4-2-3-5-10(9)12(16)15(8)13-11(14(17)18)6-7-19-13/h2-7H,1H2,(H,17,18). The van der Waals surface area contributed by atoms with Crippen LogP contribution in [-0.4, -0.2) is 17.0 Å². The molecule has 0 saturated carbocycles. The van der Waals surface area contributed by atoms with Crippen LogP contribution in [0.1, 0.15) is 26.3 Å². The third-order valence-electron chi connectivity index (χ3n) is 3.02. The number of anilines is 1. The van der Waals surface area contributed by atoms with E-state index in [-0.39, 0.29) is 11.5 Å². The fourth-order valence-corrected chi connectivity index (χ4v) is 3.05. The van der Waals surface area contributed by atoms with Crippen molar-refractivity contribution < 1.29 is 14.7 Å². The van der Waals surface area contributed by atoms with E-state index in [1.54, 1.807) is 17.5 Å². The Hall–Kier alpha value is -2.40. The average Bonchev–Trinajstić information content (AvgIpc) is 2.95. The summed E-state index contributed by atoms with van der Waals surface area (Å²) >= 11 is 1.22. The van der Waals surface area contributed by atoms with Crippen LogP contribution in [0.2, 0.25) is 0 Å². The van der Waals surface area contributed by atoms with Gasteiger partial charge < -0.3 is 5.11 Å². The molecule has 0 aliphatic carbocycles. The van der Waals surface area contributed by atoms with Gasteiger partial charge in [-0.2, -0.15) is 0 Å². The summed E-state index contributed by atoms with van der Waals surface area (Å²) < 4.78 is 0. The van der Waals surface area contributed by atoms with Crippen LogP contribution >= 0.6 is 11.3 Å². The van der Waals surface area contributed by atoms with Crippen LogP contribution in [0.15, 0.2) is 42.3 Å². The summed E-state index contributed by atoms with van der Waals surface area (Å²) in [6.45, 7) is 3.90. The average molecular weight is 271 g/mol. The Morgan fingerprint density at radius 1 is 1.21 bits per heavy atom. The van der Waals surface area contributed by atoms with Crippen LogP contribution in [0.3, 0.4) is 0 Å². The SMILES string of the molecule is C=C1c2ccccc2C(=O)N1c1sccc1C(=O)O. The van der Waals surface area contributed by atoms with Crippen LogP contribution < -0.4 is 4.90 Å². The predicted molar refractivity (Wildman–Crippen MR) is 73.6 cm³/mol. The van der Waals surface area contributed by atoms with Gasteiger partial charge in [-0.1, -0.05) is 24.8 Å². The Labute approximate surface area is 113 Å². The van der Waals surface area contributed by atoms with Crippen molar-refractivity contribution in [3.63, 3.8) is 0 Å². The van der Waals surface area contributed by atoms with E-state index in [4.69, 9.17) is 5.11 Å². The number of thiophene rings is 1. The van der Waals surface area contributed by atoms with Crippen molar-refractivity contribution in [3.05, 3.63) is 59.0 Å². The molecule has 2 aromatic rings. The summed E-state index contributed by atoms with van der Waals surface area (Å²) in [5.74, 6) is -1.28. The number of hydrogen-bond donors (Lipinski definition) is 1. The summed E-state index contributed by atoms with van der Waals surface area (Å²) in [7, 11) is 0. The van der Waals surface area contributed by atoms with E-state index in [2.05, 4.69) is 6.58 Å². The molecule has 0 atom stereocenters. The van der Waals surface area contributed by atoms with Crippen LogP contribution in [0.4, 0.5) is 5.00 Å². The molecule has 4 nitrogen and oxygen atoms in total. The lowest BCUT2D eigenvalue weighted by atomic mass is 10.1. The Balaban J connectivity index is 2.14. The first-order valence-electron chi connectivity index (χ1n) is 5.55. The van der Waals surface area contributed by atoms with Gasteiger partial charge in [-0.15, -0.1) is 11.3 Å². The van der Waals surface area contributed by atoms with Crippen molar-refractivity contribution in [1.82, 2.24) is 0 Å². The molecule has 1 amide bonds. The van der Waals surface area contributed by atoms with E-state index in [1.165, 1.54) is 22.3 Å². The smallest absolute Gasteiger partial charge is 0.338 e. The van der Waals surface area contributed by atoms with Gasteiger partial charge in [0.25, 0.3) is 5.91 Å². The molecular formula is C14H9NO3S. The van der Waals surface area contributed by atoms with E-state index < -0.39 is 5.97 Å². The second kappa shape index (κ2) is 4.07. The fourth-order valence-electron chi connectivity index (χ4n) is 2.14. The maximum absolute atomic E-state index is 12.4. The van der Waals surface area contributed by atoms with E-state index in [1.807, 2.05) is 12.1 Å². The van der Waals surface area contributed by atoms with Gasteiger partial charge in [0.05, 0.1) is 11.3 Å². The van der Waals surface area contributed by atoms with Crippen molar-refractivity contribution in [1.29, 1.82) is 0 Å². The van der Waals surface area contributed by atoms with Crippen LogP contribution in [0.25, 0.3) is 5.70 Å². The summed E-state index contributed by atoms with van der Waals surface area (Å²) in [6.07, 6.45) is 0. The number of rotatable bonds is 2. The highest BCUT2D eigenvalue weighted by Gasteiger charge is 2.34. The zero-order chi connectivity index (χ0) is 13.6. The normalized spacial score (nSPS) is 13.8. The summed E-state index contributed by atoms with van der Waals surface area (Å²) in [5, 5.41) is 11.2. The van der Waals surface area contributed by atoms with Crippen LogP contribution in [-0.2, 0) is 0 Å². The number of carboxylic acids is 1. The maximum Gasteiger partial charge on any atom is 0.338 e. The topological polar surface area (TPSA) is 57.6 Å². The lowest BCUT2D eigenvalue weighted by Crippen LogP contribution is -2.22. The van der Waals surface area contributed by atoms with Gasteiger partial charge in [-0.25, -0.2) is 4.79 Å². The van der Waals surface area contributed by atoms with Crippen LogP contribution in [0, 0.1) is 0 Å². The van der Waals surface area contributed by atoms with Gasteiger partial charge in [0.1, 0.15) is 5.00 Å². The molecule has 1 aliphatic heterocycles. The molecule has 3 rings (SSSR count). The van der Waals surface area contributed by atoms with Gasteiger partial charge in [0.15, 0.2) is 0 Å². The highest BCUT2D eigenvalue weighted by molar-refractivity contribution is 7.15. The predicted octanol–water partition coefficient (Wildman–Crippen LogP) is 3.08. The first-order chi connectivity index (χ1) is 9.11. The Morgan fingerprint density at radius 3 is 2.53 bits per heavy atom. The molecule has 94 valence electrons. The highest BCUT2D eigenvalue weighted by atomic mass is 32.1. The van der Waals surface area contributed by atoms with Gasteiger partial charge in [-0.05, 0) is 17.5 Å². The maximum atomic E-state index is 12.4. The number of carbonyl (C=O) groups is 2. The van der Waals surface area contributed by atoms with Gasteiger partial charge in [-0.3, -0.25) is 9.69 Å². The zero-order valence-corrected chi connectivity index (χ0v) is 10.6. The molecule has 1 aromatic carbocycles. The number of amides is 1. The third-order valence-corrected chi connectivity index (χ3v) is 3.92. The molecule has 5 heteroatoms. The molecule has 0 radical (unpaired) electrons. The molecule has 0 bridgehead atoms. The highest BCUT2D eigenvalue weighted by Crippen LogP contribution is 2.39. The number of hydrogen-bond acceptors (Lipinski definition) is 3. The van der Waals surface area contributed by atoms with Gasteiger partial charge in [0, 0.05) is 11.1 Å². The quantitative estimate of drug-likeness (QED) is 0.913. The molecular weight excluding hydrogens is 262 g/mol. The number of benzene rings is 1. The molecule has 0 saturated heterocycles. The van der Waals surface area contributed by atoms with E-state index in [0.717, 1.165) is 5.56 Å². The lowest BCUT2D eigenvalue weighted by Gasteiger charge is -2.16. The molecule has 1 aliphatic rings. The lowest BCUT2D eigenvalue weighted by molar-refractivity contribution is 0.0698. The molecule has 0 spiro atoms. The second-order valence-electron chi connectivity index (χ2n) is 4.08. The molecule has 2 heterocycles. The van der Waals surface area contributed by atoms with Crippen molar-refractivity contribution in [2.24, 2.45) is 0 Å². The first-order valence-corrected chi connectivity index (χ1v) is 6.43. The largest absolute Gasteiger partial charge is 0.478 e. The van der Waals surface area contributed by atoms with E-state index in [0.29, 0.717) is 16.3 Å². The molecule has 1 aromatic heterocycles.